The molecule has 0 amide bonds. The highest BCUT2D eigenvalue weighted by Gasteiger charge is 2.07. The van der Waals surface area contributed by atoms with Crippen LogP contribution in [0.1, 0.15) is 19.0 Å². The summed E-state index contributed by atoms with van der Waals surface area (Å²) >= 11 is 0. The summed E-state index contributed by atoms with van der Waals surface area (Å²) in [6.07, 6.45) is 2.41. The lowest BCUT2D eigenvalue weighted by molar-refractivity contribution is 0.282. The van der Waals surface area contributed by atoms with Crippen LogP contribution >= 0.6 is 0 Å². The van der Waals surface area contributed by atoms with E-state index >= 15 is 0 Å². The van der Waals surface area contributed by atoms with E-state index in [1.165, 1.54) is 0 Å². The number of pyridine rings is 1. The van der Waals surface area contributed by atoms with E-state index in [4.69, 9.17) is 9.84 Å². The van der Waals surface area contributed by atoms with Gasteiger partial charge in [0.15, 0.2) is 5.75 Å². The number of anilines is 1. The maximum Gasteiger partial charge on any atom is 0.160 e. The Morgan fingerprint density at radius 3 is 2.93 bits per heavy atom. The molecule has 2 N–H and O–H groups in total. The molecule has 0 aliphatic carbocycles. The van der Waals surface area contributed by atoms with Gasteiger partial charge in [-0.1, -0.05) is 0 Å². The van der Waals surface area contributed by atoms with Crippen molar-refractivity contribution < 1.29 is 9.84 Å². The first-order valence-electron chi connectivity index (χ1n) is 5.05. The second kappa shape index (κ2) is 5.56. The van der Waals surface area contributed by atoms with E-state index in [0.29, 0.717) is 6.42 Å². The van der Waals surface area contributed by atoms with Gasteiger partial charge in [0.05, 0.1) is 19.0 Å². The summed E-state index contributed by atoms with van der Waals surface area (Å²) in [4.78, 5) is 4.15. The SMILES string of the molecule is COc1cnc(C)cc1NC(C)CCO. The fourth-order valence-electron chi connectivity index (χ4n) is 1.35. The lowest BCUT2D eigenvalue weighted by Crippen LogP contribution is -2.17. The number of aliphatic hydroxyl groups is 1. The van der Waals surface area contributed by atoms with Gasteiger partial charge in [0, 0.05) is 18.3 Å². The highest BCUT2D eigenvalue weighted by Crippen LogP contribution is 2.24. The summed E-state index contributed by atoms with van der Waals surface area (Å²) in [5, 5.41) is 12.1. The molecule has 0 bridgehead atoms. The van der Waals surface area contributed by atoms with Crippen LogP contribution in [0.25, 0.3) is 0 Å². The minimum atomic E-state index is 0.181. The maximum atomic E-state index is 8.81. The van der Waals surface area contributed by atoms with Gasteiger partial charge in [-0.05, 0) is 26.3 Å². The Balaban J connectivity index is 2.77. The van der Waals surface area contributed by atoms with E-state index in [-0.39, 0.29) is 12.6 Å². The van der Waals surface area contributed by atoms with Crippen LogP contribution in [0, 0.1) is 6.92 Å². The number of hydrogen-bond donors (Lipinski definition) is 2. The van der Waals surface area contributed by atoms with Gasteiger partial charge in [-0.2, -0.15) is 0 Å². The number of aliphatic hydroxyl groups excluding tert-OH is 1. The number of aromatic nitrogens is 1. The van der Waals surface area contributed by atoms with Gasteiger partial charge in [0.1, 0.15) is 0 Å². The Morgan fingerprint density at radius 2 is 2.33 bits per heavy atom. The predicted octanol–water partition coefficient (Wildman–Crippen LogP) is 1.58. The fourth-order valence-corrected chi connectivity index (χ4v) is 1.35. The van der Waals surface area contributed by atoms with Crippen LogP contribution in [0.15, 0.2) is 12.3 Å². The monoisotopic (exact) mass is 210 g/mol. The molecule has 0 aromatic carbocycles. The van der Waals surface area contributed by atoms with Crippen LogP contribution in [0.2, 0.25) is 0 Å². The van der Waals surface area contributed by atoms with E-state index in [1.807, 2.05) is 19.9 Å². The van der Waals surface area contributed by atoms with Gasteiger partial charge in [-0.3, -0.25) is 4.98 Å². The van der Waals surface area contributed by atoms with E-state index < -0.39 is 0 Å². The number of methoxy groups -OCH3 is 1. The van der Waals surface area contributed by atoms with Crippen molar-refractivity contribution in [3.8, 4) is 5.75 Å². The molecule has 1 aromatic rings. The summed E-state index contributed by atoms with van der Waals surface area (Å²) in [7, 11) is 1.62. The van der Waals surface area contributed by atoms with Crippen molar-refractivity contribution in [2.45, 2.75) is 26.3 Å². The number of aryl methyl sites for hydroxylation is 1. The van der Waals surface area contributed by atoms with Crippen molar-refractivity contribution in [3.05, 3.63) is 18.0 Å². The van der Waals surface area contributed by atoms with Crippen molar-refractivity contribution >= 4 is 5.69 Å². The molecular formula is C11H18N2O2. The molecule has 4 nitrogen and oxygen atoms in total. The average molecular weight is 210 g/mol. The zero-order valence-electron chi connectivity index (χ0n) is 9.45. The number of ether oxygens (including phenoxy) is 1. The Kier molecular flexibility index (Phi) is 4.37. The number of nitrogens with zero attached hydrogens (tertiary/aromatic N) is 1. The molecule has 0 spiro atoms. The van der Waals surface area contributed by atoms with Gasteiger partial charge >= 0.3 is 0 Å². The first-order chi connectivity index (χ1) is 7.17. The van der Waals surface area contributed by atoms with Crippen LogP contribution in [0.3, 0.4) is 0 Å². The maximum absolute atomic E-state index is 8.81. The smallest absolute Gasteiger partial charge is 0.160 e. The summed E-state index contributed by atoms with van der Waals surface area (Å²) in [5.74, 6) is 0.727. The van der Waals surface area contributed by atoms with Crippen LogP contribution in [-0.2, 0) is 0 Å². The van der Waals surface area contributed by atoms with Crippen molar-refractivity contribution in [2.75, 3.05) is 19.0 Å². The lowest BCUT2D eigenvalue weighted by atomic mass is 10.2. The average Bonchev–Trinajstić information content (AvgIpc) is 2.18. The first-order valence-corrected chi connectivity index (χ1v) is 5.05. The molecule has 1 aromatic heterocycles. The number of rotatable bonds is 5. The Bertz CT molecular complexity index is 315. The molecule has 84 valence electrons. The third kappa shape index (κ3) is 3.40. The van der Waals surface area contributed by atoms with E-state index in [9.17, 15) is 0 Å². The third-order valence-corrected chi connectivity index (χ3v) is 2.19. The number of hydrogen-bond acceptors (Lipinski definition) is 4. The standard InChI is InChI=1S/C11H18N2O2/c1-8(4-5-14)13-10-6-9(2)12-7-11(10)15-3/h6-8,14H,4-5H2,1-3H3,(H,12,13). The second-order valence-electron chi connectivity index (χ2n) is 3.58. The molecule has 0 radical (unpaired) electrons. The quantitative estimate of drug-likeness (QED) is 0.774. The van der Waals surface area contributed by atoms with E-state index in [0.717, 1.165) is 17.1 Å². The highest BCUT2D eigenvalue weighted by atomic mass is 16.5. The van der Waals surface area contributed by atoms with Crippen LogP contribution in [0.4, 0.5) is 5.69 Å². The van der Waals surface area contributed by atoms with Crippen molar-refractivity contribution in [2.24, 2.45) is 0 Å². The molecule has 0 saturated heterocycles. The minimum absolute atomic E-state index is 0.181. The van der Waals surface area contributed by atoms with Crippen LogP contribution in [-0.4, -0.2) is 29.8 Å². The summed E-state index contributed by atoms with van der Waals surface area (Å²) in [5.41, 5.74) is 1.86. The highest BCUT2D eigenvalue weighted by molar-refractivity contribution is 5.56. The van der Waals surface area contributed by atoms with Crippen molar-refractivity contribution in [1.29, 1.82) is 0 Å². The summed E-state index contributed by atoms with van der Waals surface area (Å²) in [6, 6.07) is 2.15. The van der Waals surface area contributed by atoms with Gasteiger partial charge in [-0.15, -0.1) is 0 Å². The van der Waals surface area contributed by atoms with Gasteiger partial charge < -0.3 is 15.2 Å². The zero-order chi connectivity index (χ0) is 11.3. The molecule has 1 unspecified atom stereocenters. The normalized spacial score (nSPS) is 12.3. The number of nitrogens with one attached hydrogen (secondary N) is 1. The largest absolute Gasteiger partial charge is 0.493 e. The Hall–Kier alpha value is -1.29. The van der Waals surface area contributed by atoms with Gasteiger partial charge in [-0.25, -0.2) is 0 Å². The van der Waals surface area contributed by atoms with E-state index in [1.54, 1.807) is 13.3 Å². The molecule has 4 heteroatoms. The summed E-state index contributed by atoms with van der Waals surface area (Å²) < 4.78 is 5.19. The van der Waals surface area contributed by atoms with Crippen LogP contribution in [0.5, 0.6) is 5.75 Å². The topological polar surface area (TPSA) is 54.4 Å². The third-order valence-electron chi connectivity index (χ3n) is 2.19. The molecular weight excluding hydrogens is 192 g/mol. The van der Waals surface area contributed by atoms with Crippen molar-refractivity contribution in [3.63, 3.8) is 0 Å². The molecule has 0 aliphatic heterocycles. The molecule has 0 saturated carbocycles. The van der Waals surface area contributed by atoms with E-state index in [2.05, 4.69) is 10.3 Å². The zero-order valence-corrected chi connectivity index (χ0v) is 9.45. The Morgan fingerprint density at radius 1 is 1.60 bits per heavy atom. The lowest BCUT2D eigenvalue weighted by Gasteiger charge is -2.16. The molecule has 15 heavy (non-hydrogen) atoms. The van der Waals surface area contributed by atoms with Gasteiger partial charge in [0.25, 0.3) is 0 Å². The molecule has 1 heterocycles. The molecule has 1 rings (SSSR count). The fraction of sp³-hybridized carbons (Fsp3) is 0.545. The Labute approximate surface area is 90.3 Å². The molecule has 0 aliphatic rings. The van der Waals surface area contributed by atoms with Crippen LogP contribution < -0.4 is 10.1 Å². The predicted molar refractivity (Wildman–Crippen MR) is 60.3 cm³/mol. The van der Waals surface area contributed by atoms with Gasteiger partial charge in [0.2, 0.25) is 0 Å². The molecule has 1 atom stereocenters. The second-order valence-corrected chi connectivity index (χ2v) is 3.58. The molecule has 0 fully saturated rings. The summed E-state index contributed by atoms with van der Waals surface area (Å²) in [6.45, 7) is 4.13. The first kappa shape index (κ1) is 11.8. The van der Waals surface area contributed by atoms with Crippen molar-refractivity contribution in [1.82, 2.24) is 4.98 Å². The minimum Gasteiger partial charge on any atom is -0.493 e.